The maximum absolute atomic E-state index is 13.5. The predicted octanol–water partition coefficient (Wildman–Crippen LogP) is 3.42. The topological polar surface area (TPSA) is 64.9 Å². The number of nitrogens with zero attached hydrogens (tertiary/aromatic N) is 2. The highest BCUT2D eigenvalue weighted by atomic mass is 32.2. The van der Waals surface area contributed by atoms with E-state index in [-0.39, 0.29) is 11.9 Å². The van der Waals surface area contributed by atoms with E-state index in [9.17, 15) is 4.39 Å². The van der Waals surface area contributed by atoms with Crippen molar-refractivity contribution in [3.63, 3.8) is 0 Å². The Morgan fingerprint density at radius 1 is 1.33 bits per heavy atom. The van der Waals surface area contributed by atoms with Crippen molar-refractivity contribution in [1.82, 2.24) is 10.1 Å². The lowest BCUT2D eigenvalue weighted by atomic mass is 10.0. The van der Waals surface area contributed by atoms with Gasteiger partial charge >= 0.3 is 0 Å². The molecule has 0 radical (unpaired) electrons. The van der Waals surface area contributed by atoms with Crippen LogP contribution < -0.4 is 5.73 Å². The van der Waals surface area contributed by atoms with Gasteiger partial charge in [0.05, 0.1) is 5.75 Å². The first-order chi connectivity index (χ1) is 10.0. The summed E-state index contributed by atoms with van der Waals surface area (Å²) in [5.74, 6) is 1.90. The van der Waals surface area contributed by atoms with Crippen LogP contribution >= 0.6 is 11.8 Å². The summed E-state index contributed by atoms with van der Waals surface area (Å²) in [6, 6.07) is 6.67. The summed E-state index contributed by atoms with van der Waals surface area (Å²) < 4.78 is 18.7. The Bertz CT molecular complexity index is 574. The Morgan fingerprint density at radius 2 is 2.10 bits per heavy atom. The molecule has 1 aromatic heterocycles. The third-order valence-electron chi connectivity index (χ3n) is 2.91. The van der Waals surface area contributed by atoms with Crippen molar-refractivity contribution in [1.29, 1.82) is 0 Å². The smallest absolute Gasteiger partial charge is 0.228 e. The number of nitrogens with two attached hydrogens (primary N) is 1. The zero-order chi connectivity index (χ0) is 15.2. The summed E-state index contributed by atoms with van der Waals surface area (Å²) in [7, 11) is 0. The second-order valence-corrected chi connectivity index (χ2v) is 6.43. The molecule has 1 unspecified atom stereocenters. The van der Waals surface area contributed by atoms with Gasteiger partial charge in [0.1, 0.15) is 5.82 Å². The maximum atomic E-state index is 13.5. The van der Waals surface area contributed by atoms with Crippen molar-refractivity contribution in [3.8, 4) is 0 Å². The van der Waals surface area contributed by atoms with Gasteiger partial charge in [-0.1, -0.05) is 31.1 Å². The summed E-state index contributed by atoms with van der Waals surface area (Å²) in [6.45, 7) is 4.26. The lowest BCUT2D eigenvalue weighted by Crippen LogP contribution is -2.24. The molecule has 0 saturated carbocycles. The van der Waals surface area contributed by atoms with Crippen LogP contribution in [0.3, 0.4) is 0 Å². The molecule has 0 aliphatic rings. The third kappa shape index (κ3) is 5.13. The summed E-state index contributed by atoms with van der Waals surface area (Å²) in [5.41, 5.74) is 6.02. The van der Waals surface area contributed by atoms with E-state index in [2.05, 4.69) is 24.0 Å². The molecule has 0 aliphatic heterocycles. The third-order valence-corrected chi connectivity index (χ3v) is 3.96. The second-order valence-electron chi connectivity index (χ2n) is 5.42. The number of aromatic nitrogens is 2. The van der Waals surface area contributed by atoms with Gasteiger partial charge in [0.25, 0.3) is 0 Å². The number of rotatable bonds is 7. The highest BCUT2D eigenvalue weighted by Crippen LogP contribution is 2.24. The second kappa shape index (κ2) is 7.56. The fourth-order valence-corrected chi connectivity index (χ4v) is 2.83. The Kier molecular flexibility index (Phi) is 5.76. The monoisotopic (exact) mass is 309 g/mol. The van der Waals surface area contributed by atoms with Crippen LogP contribution in [0.1, 0.15) is 32.0 Å². The quantitative estimate of drug-likeness (QED) is 0.794. The van der Waals surface area contributed by atoms with E-state index in [4.69, 9.17) is 10.3 Å². The van der Waals surface area contributed by atoms with Crippen molar-refractivity contribution < 1.29 is 8.91 Å². The molecule has 1 aromatic carbocycles. The molecule has 4 nitrogen and oxygen atoms in total. The molecule has 2 N–H and O–H groups in total. The minimum atomic E-state index is -0.231. The Morgan fingerprint density at radius 3 is 2.81 bits per heavy atom. The van der Waals surface area contributed by atoms with Crippen molar-refractivity contribution >= 4 is 11.8 Å². The molecule has 6 heteroatoms. The molecule has 1 atom stereocenters. The lowest BCUT2D eigenvalue weighted by Gasteiger charge is -2.10. The molecule has 2 rings (SSSR count). The van der Waals surface area contributed by atoms with Gasteiger partial charge in [0.15, 0.2) is 5.82 Å². The van der Waals surface area contributed by atoms with Crippen molar-refractivity contribution in [2.24, 2.45) is 11.7 Å². The van der Waals surface area contributed by atoms with E-state index in [1.807, 2.05) is 0 Å². The molecule has 2 aromatic rings. The lowest BCUT2D eigenvalue weighted by molar-refractivity contribution is 0.356. The van der Waals surface area contributed by atoms with Crippen LogP contribution in [-0.4, -0.2) is 16.2 Å². The molecular formula is C15H20FN3OS. The molecule has 0 amide bonds. The van der Waals surface area contributed by atoms with Crippen molar-refractivity contribution in [2.75, 3.05) is 0 Å². The van der Waals surface area contributed by atoms with Crippen molar-refractivity contribution in [3.05, 3.63) is 41.8 Å². The Hall–Kier alpha value is -1.40. The fourth-order valence-electron chi connectivity index (χ4n) is 2.05. The van der Waals surface area contributed by atoms with E-state index >= 15 is 0 Å². The molecule has 0 saturated heterocycles. The zero-order valence-electron chi connectivity index (χ0n) is 12.3. The summed E-state index contributed by atoms with van der Waals surface area (Å²) in [4.78, 5) is 4.88. The molecule has 0 fully saturated rings. The first kappa shape index (κ1) is 16.0. The summed E-state index contributed by atoms with van der Waals surface area (Å²) >= 11 is 1.35. The number of thioether (sulfide) groups is 1. The molecule has 114 valence electrons. The SMILES string of the molecule is CC(C)CC(N)Cc1nc(CSc2ccccc2F)no1. The van der Waals surface area contributed by atoms with Gasteiger partial charge in [0, 0.05) is 17.4 Å². The molecule has 0 aliphatic carbocycles. The molecule has 21 heavy (non-hydrogen) atoms. The van der Waals surface area contributed by atoms with E-state index in [0.29, 0.717) is 34.7 Å². The van der Waals surface area contributed by atoms with Crippen LogP contribution in [0, 0.1) is 11.7 Å². The largest absolute Gasteiger partial charge is 0.339 e. The number of benzene rings is 1. The van der Waals surface area contributed by atoms with Crippen LogP contribution in [-0.2, 0) is 12.2 Å². The highest BCUT2D eigenvalue weighted by Gasteiger charge is 2.13. The Balaban J connectivity index is 1.87. The standard InChI is InChI=1S/C15H20FN3OS/c1-10(2)7-11(17)8-15-18-14(19-20-15)9-21-13-6-4-3-5-12(13)16/h3-6,10-11H,7-9,17H2,1-2H3. The van der Waals surface area contributed by atoms with Gasteiger partial charge in [-0.05, 0) is 24.5 Å². The number of hydrogen-bond acceptors (Lipinski definition) is 5. The minimum absolute atomic E-state index is 0.0255. The number of halogens is 1. The molecule has 0 bridgehead atoms. The molecule has 0 spiro atoms. The highest BCUT2D eigenvalue weighted by molar-refractivity contribution is 7.98. The van der Waals surface area contributed by atoms with Gasteiger partial charge in [0.2, 0.25) is 5.89 Å². The van der Waals surface area contributed by atoms with Gasteiger partial charge in [-0.2, -0.15) is 4.98 Å². The van der Waals surface area contributed by atoms with E-state index < -0.39 is 0 Å². The number of hydrogen-bond donors (Lipinski definition) is 1. The van der Waals surface area contributed by atoms with Gasteiger partial charge < -0.3 is 10.3 Å². The van der Waals surface area contributed by atoms with Crippen LogP contribution in [0.2, 0.25) is 0 Å². The zero-order valence-corrected chi connectivity index (χ0v) is 13.1. The average Bonchev–Trinajstić information content (AvgIpc) is 2.84. The van der Waals surface area contributed by atoms with Crippen molar-refractivity contribution in [2.45, 2.75) is 43.4 Å². The predicted molar refractivity (Wildman–Crippen MR) is 81.4 cm³/mol. The van der Waals surface area contributed by atoms with Gasteiger partial charge in [-0.3, -0.25) is 0 Å². The average molecular weight is 309 g/mol. The van der Waals surface area contributed by atoms with E-state index in [1.54, 1.807) is 18.2 Å². The molecular weight excluding hydrogens is 289 g/mol. The van der Waals surface area contributed by atoms with E-state index in [1.165, 1.54) is 17.8 Å². The van der Waals surface area contributed by atoms with Crippen LogP contribution in [0.15, 0.2) is 33.7 Å². The summed E-state index contributed by atoms with van der Waals surface area (Å²) in [6.07, 6.45) is 1.50. The van der Waals surface area contributed by atoms with Gasteiger partial charge in [-0.15, -0.1) is 11.8 Å². The maximum Gasteiger partial charge on any atom is 0.228 e. The normalized spacial score (nSPS) is 12.8. The van der Waals surface area contributed by atoms with Crippen LogP contribution in [0.25, 0.3) is 0 Å². The van der Waals surface area contributed by atoms with Crippen LogP contribution in [0.5, 0.6) is 0 Å². The first-order valence-corrected chi connectivity index (χ1v) is 7.97. The fraction of sp³-hybridized carbons (Fsp3) is 0.467. The first-order valence-electron chi connectivity index (χ1n) is 6.99. The Labute approximate surface area is 128 Å². The molecule has 1 heterocycles. The van der Waals surface area contributed by atoms with E-state index in [0.717, 1.165) is 6.42 Å². The van der Waals surface area contributed by atoms with Crippen LogP contribution in [0.4, 0.5) is 4.39 Å². The minimum Gasteiger partial charge on any atom is -0.339 e. The van der Waals surface area contributed by atoms with Gasteiger partial charge in [-0.25, -0.2) is 4.39 Å². The summed E-state index contributed by atoms with van der Waals surface area (Å²) in [5, 5.41) is 3.91.